The zero-order chi connectivity index (χ0) is 28.2. The molecule has 3 aromatic rings. The lowest BCUT2D eigenvalue weighted by Crippen LogP contribution is -2.37. The second kappa shape index (κ2) is 12.5. The highest BCUT2D eigenvalue weighted by molar-refractivity contribution is 6.04. The first kappa shape index (κ1) is 28.3. The molecule has 2 aliphatic rings. The number of imidazole rings is 1. The molecule has 1 aromatic carbocycles. The first-order chi connectivity index (χ1) is 19.3. The molecule has 40 heavy (non-hydrogen) atoms. The molecular weight excluding hydrogens is 500 g/mol. The van der Waals surface area contributed by atoms with Crippen LogP contribution in [0.2, 0.25) is 0 Å². The Hall–Kier alpha value is -3.26. The number of amides is 2. The van der Waals surface area contributed by atoms with Crippen LogP contribution in [0.15, 0.2) is 42.7 Å². The van der Waals surface area contributed by atoms with Gasteiger partial charge in [0.1, 0.15) is 0 Å². The Morgan fingerprint density at radius 3 is 2.40 bits per heavy atom. The molecule has 1 saturated heterocycles. The van der Waals surface area contributed by atoms with E-state index in [-0.39, 0.29) is 29.8 Å². The van der Waals surface area contributed by atoms with E-state index >= 15 is 0 Å². The molecule has 2 aromatic heterocycles. The zero-order valence-electron chi connectivity index (χ0n) is 24.4. The minimum Gasteiger partial charge on any atom is -0.354 e. The predicted octanol–water partition coefficient (Wildman–Crippen LogP) is 5.81. The summed E-state index contributed by atoms with van der Waals surface area (Å²) in [7, 11) is 0. The number of hydrogen-bond donors (Lipinski definition) is 2. The number of likely N-dealkylation sites (tertiary alicyclic amines) is 1. The van der Waals surface area contributed by atoms with Crippen LogP contribution in [0.3, 0.4) is 0 Å². The Kier molecular flexibility index (Phi) is 8.84. The van der Waals surface area contributed by atoms with E-state index in [2.05, 4.69) is 57.1 Å². The van der Waals surface area contributed by atoms with Gasteiger partial charge < -0.3 is 9.88 Å². The maximum Gasteiger partial charge on any atom is 0.259 e. The summed E-state index contributed by atoms with van der Waals surface area (Å²) in [5.74, 6) is 2.10. The fraction of sp³-hybridized carbons (Fsp3) is 0.562. The predicted molar refractivity (Wildman–Crippen MR) is 159 cm³/mol. The van der Waals surface area contributed by atoms with Gasteiger partial charge in [0.25, 0.3) is 5.91 Å². The van der Waals surface area contributed by atoms with Crippen LogP contribution in [-0.2, 0) is 11.3 Å². The topological polar surface area (TPSA) is 92.2 Å². The number of nitrogens with zero attached hydrogens (tertiary/aromatic N) is 4. The van der Waals surface area contributed by atoms with Crippen molar-refractivity contribution in [2.75, 3.05) is 18.4 Å². The number of piperidine rings is 1. The molecule has 0 spiro atoms. The van der Waals surface area contributed by atoms with Gasteiger partial charge in [-0.05, 0) is 107 Å². The summed E-state index contributed by atoms with van der Waals surface area (Å²) in [6.45, 7) is 11.9. The first-order valence-electron chi connectivity index (χ1n) is 15.0. The van der Waals surface area contributed by atoms with Gasteiger partial charge in [-0.1, -0.05) is 19.9 Å². The quantitative estimate of drug-likeness (QED) is 0.374. The SMILES string of the molecule is CC(C)NC(=O)C1CCC(n2c(NC(=O)c3cccnc3)nc3ccc(CN4CCC(C(C)C)CC4)cc32)CC1. The molecule has 0 atom stereocenters. The lowest BCUT2D eigenvalue weighted by atomic mass is 9.85. The minimum atomic E-state index is -0.220. The third-order valence-corrected chi connectivity index (χ3v) is 8.75. The highest BCUT2D eigenvalue weighted by Crippen LogP contribution is 2.37. The van der Waals surface area contributed by atoms with Crippen LogP contribution in [0, 0.1) is 17.8 Å². The molecule has 5 rings (SSSR count). The van der Waals surface area contributed by atoms with E-state index in [1.165, 1.54) is 18.4 Å². The smallest absolute Gasteiger partial charge is 0.259 e. The Labute approximate surface area is 237 Å². The molecule has 1 aliphatic carbocycles. The molecule has 0 bridgehead atoms. The molecule has 2 amide bonds. The van der Waals surface area contributed by atoms with Crippen LogP contribution < -0.4 is 10.6 Å². The Morgan fingerprint density at radius 1 is 1.00 bits per heavy atom. The van der Waals surface area contributed by atoms with E-state index in [1.807, 2.05) is 13.8 Å². The number of fused-ring (bicyclic) bond motifs is 1. The van der Waals surface area contributed by atoms with Crippen molar-refractivity contribution < 1.29 is 9.59 Å². The summed E-state index contributed by atoms with van der Waals surface area (Å²) in [5.41, 5.74) is 3.70. The van der Waals surface area contributed by atoms with Crippen LogP contribution in [0.4, 0.5) is 5.95 Å². The van der Waals surface area contributed by atoms with Crippen molar-refractivity contribution >= 4 is 28.8 Å². The number of benzene rings is 1. The van der Waals surface area contributed by atoms with Gasteiger partial charge in [-0.2, -0.15) is 0 Å². The average molecular weight is 545 g/mol. The van der Waals surface area contributed by atoms with Gasteiger partial charge >= 0.3 is 0 Å². The van der Waals surface area contributed by atoms with E-state index in [0.717, 1.165) is 68.2 Å². The average Bonchev–Trinajstić information content (AvgIpc) is 3.30. The standard InChI is InChI=1S/C32H44N6O2/c1-21(2)24-13-16-37(17-14-24)20-23-7-12-28-29(18-23)38(27-10-8-25(9-11-27)30(39)34-22(3)4)32(35-28)36-31(40)26-6-5-15-33-19-26/h5-7,12,15,18-19,21-22,24-25,27H,8-11,13-14,16-17,20H2,1-4H3,(H,34,39)(H,35,36,40). The molecule has 214 valence electrons. The summed E-state index contributed by atoms with van der Waals surface area (Å²) in [6, 6.07) is 10.3. The molecule has 8 heteroatoms. The lowest BCUT2D eigenvalue weighted by molar-refractivity contribution is -0.126. The fourth-order valence-corrected chi connectivity index (χ4v) is 6.40. The molecule has 0 unspecified atom stereocenters. The van der Waals surface area contributed by atoms with E-state index in [4.69, 9.17) is 4.98 Å². The molecular formula is C32H44N6O2. The number of rotatable bonds is 8. The van der Waals surface area contributed by atoms with E-state index in [1.54, 1.807) is 24.5 Å². The largest absolute Gasteiger partial charge is 0.354 e. The summed E-state index contributed by atoms with van der Waals surface area (Å²) >= 11 is 0. The van der Waals surface area contributed by atoms with E-state index < -0.39 is 0 Å². The van der Waals surface area contributed by atoms with Crippen molar-refractivity contribution in [3.63, 3.8) is 0 Å². The van der Waals surface area contributed by atoms with Crippen molar-refractivity contribution in [2.24, 2.45) is 17.8 Å². The number of pyridine rings is 1. The minimum absolute atomic E-state index is 0.0335. The third kappa shape index (κ3) is 6.54. The van der Waals surface area contributed by atoms with Crippen molar-refractivity contribution in [1.82, 2.24) is 24.8 Å². The second-order valence-corrected chi connectivity index (χ2v) is 12.4. The van der Waals surface area contributed by atoms with Crippen LogP contribution >= 0.6 is 0 Å². The number of anilines is 1. The molecule has 1 saturated carbocycles. The summed E-state index contributed by atoms with van der Waals surface area (Å²) in [5, 5.41) is 6.15. The third-order valence-electron chi connectivity index (χ3n) is 8.75. The molecule has 3 heterocycles. The number of carbonyl (C=O) groups is 2. The lowest BCUT2D eigenvalue weighted by Gasteiger charge is -2.34. The summed E-state index contributed by atoms with van der Waals surface area (Å²) in [6.07, 6.45) is 9.13. The van der Waals surface area contributed by atoms with Crippen LogP contribution in [0.1, 0.15) is 88.2 Å². The van der Waals surface area contributed by atoms with Gasteiger partial charge in [-0.3, -0.25) is 24.8 Å². The van der Waals surface area contributed by atoms with Gasteiger partial charge in [0.15, 0.2) is 0 Å². The highest BCUT2D eigenvalue weighted by Gasteiger charge is 2.30. The molecule has 0 radical (unpaired) electrons. The maximum absolute atomic E-state index is 13.1. The van der Waals surface area contributed by atoms with Crippen molar-refractivity contribution in [3.05, 3.63) is 53.9 Å². The van der Waals surface area contributed by atoms with Crippen LogP contribution in [-0.4, -0.2) is 50.4 Å². The zero-order valence-corrected chi connectivity index (χ0v) is 24.4. The van der Waals surface area contributed by atoms with E-state index in [0.29, 0.717) is 11.5 Å². The molecule has 8 nitrogen and oxygen atoms in total. The van der Waals surface area contributed by atoms with Gasteiger partial charge in [0.05, 0.1) is 16.6 Å². The van der Waals surface area contributed by atoms with Crippen molar-refractivity contribution in [2.45, 2.75) is 84.8 Å². The Balaban J connectivity index is 1.39. The van der Waals surface area contributed by atoms with Crippen LogP contribution in [0.25, 0.3) is 11.0 Å². The first-order valence-corrected chi connectivity index (χ1v) is 15.0. The van der Waals surface area contributed by atoms with Crippen molar-refractivity contribution in [3.8, 4) is 0 Å². The number of aromatic nitrogens is 3. The molecule has 2 fully saturated rings. The van der Waals surface area contributed by atoms with Crippen LogP contribution in [0.5, 0.6) is 0 Å². The number of nitrogens with one attached hydrogen (secondary N) is 2. The number of carbonyl (C=O) groups excluding carboxylic acids is 2. The van der Waals surface area contributed by atoms with Gasteiger partial charge in [-0.15, -0.1) is 0 Å². The van der Waals surface area contributed by atoms with Crippen molar-refractivity contribution in [1.29, 1.82) is 0 Å². The maximum atomic E-state index is 13.1. The Morgan fingerprint density at radius 2 is 1.75 bits per heavy atom. The van der Waals surface area contributed by atoms with E-state index in [9.17, 15) is 9.59 Å². The van der Waals surface area contributed by atoms with Gasteiger partial charge in [-0.25, -0.2) is 4.98 Å². The second-order valence-electron chi connectivity index (χ2n) is 12.4. The molecule has 2 N–H and O–H groups in total. The van der Waals surface area contributed by atoms with Gasteiger partial charge in [0.2, 0.25) is 11.9 Å². The highest BCUT2D eigenvalue weighted by atomic mass is 16.2. The normalized spacial score (nSPS) is 20.8. The number of hydrogen-bond acceptors (Lipinski definition) is 5. The summed E-state index contributed by atoms with van der Waals surface area (Å²) < 4.78 is 2.22. The monoisotopic (exact) mass is 544 g/mol. The Bertz CT molecular complexity index is 1300. The summed E-state index contributed by atoms with van der Waals surface area (Å²) in [4.78, 5) is 37.3. The fourth-order valence-electron chi connectivity index (χ4n) is 6.40. The molecule has 1 aliphatic heterocycles. The van der Waals surface area contributed by atoms with Gasteiger partial charge in [0, 0.05) is 36.9 Å².